The first-order chi connectivity index (χ1) is 10.1. The molecule has 3 N–H and O–H groups in total. The average Bonchev–Trinajstić information content (AvgIpc) is 2.93. The first-order valence-corrected chi connectivity index (χ1v) is 6.37. The summed E-state index contributed by atoms with van der Waals surface area (Å²) in [5.41, 5.74) is 0.936. The van der Waals surface area contributed by atoms with Crippen molar-refractivity contribution in [2.24, 2.45) is 0 Å². The summed E-state index contributed by atoms with van der Waals surface area (Å²) in [6, 6.07) is 6.45. The second-order valence-electron chi connectivity index (χ2n) is 4.32. The zero-order valence-corrected chi connectivity index (χ0v) is 11.2. The van der Waals surface area contributed by atoms with Gasteiger partial charge >= 0.3 is 12.0 Å². The summed E-state index contributed by atoms with van der Waals surface area (Å²) in [5, 5.41) is 13.9. The van der Waals surface area contributed by atoms with Gasteiger partial charge in [-0.3, -0.25) is 9.78 Å². The van der Waals surface area contributed by atoms with Crippen LogP contribution in [-0.2, 0) is 17.6 Å². The summed E-state index contributed by atoms with van der Waals surface area (Å²) in [5.74, 6) is -0.145. The average molecular weight is 289 g/mol. The molecule has 0 radical (unpaired) electrons. The van der Waals surface area contributed by atoms with Crippen molar-refractivity contribution in [1.82, 2.24) is 10.3 Å². The molecule has 0 aliphatic carbocycles. The van der Waals surface area contributed by atoms with E-state index in [0.717, 1.165) is 5.76 Å². The van der Waals surface area contributed by atoms with Gasteiger partial charge in [-0.15, -0.1) is 0 Å². The lowest BCUT2D eigenvalue weighted by atomic mass is 10.2. The standard InChI is InChI=1S/C14H15N3O4/c18-13(19)8-10-3-4-11(9-16-10)17-14(20)15-6-5-12-2-1-7-21-12/h1-4,7,9H,5-6,8H2,(H,18,19)(H2,15,17,20). The Balaban J connectivity index is 1.75. The Hall–Kier alpha value is -2.83. The van der Waals surface area contributed by atoms with Crippen molar-refractivity contribution < 1.29 is 19.1 Å². The Morgan fingerprint density at radius 3 is 2.76 bits per heavy atom. The number of amides is 2. The first kappa shape index (κ1) is 14.6. The highest BCUT2D eigenvalue weighted by Crippen LogP contribution is 2.06. The number of hydrogen-bond donors (Lipinski definition) is 3. The van der Waals surface area contributed by atoms with Crippen LogP contribution in [-0.4, -0.2) is 28.6 Å². The number of carboxylic acids is 1. The highest BCUT2D eigenvalue weighted by atomic mass is 16.4. The van der Waals surface area contributed by atoms with E-state index in [-0.39, 0.29) is 12.5 Å². The predicted octanol–water partition coefficient (Wildman–Crippen LogP) is 1.67. The van der Waals surface area contributed by atoms with E-state index in [1.165, 1.54) is 6.20 Å². The van der Waals surface area contributed by atoms with Crippen LogP contribution in [0.1, 0.15) is 11.5 Å². The Morgan fingerprint density at radius 1 is 1.29 bits per heavy atom. The SMILES string of the molecule is O=C(O)Cc1ccc(NC(=O)NCCc2ccco2)cn1. The Labute approximate surface area is 121 Å². The van der Waals surface area contributed by atoms with Crippen LogP contribution < -0.4 is 10.6 Å². The molecule has 0 aliphatic rings. The van der Waals surface area contributed by atoms with Gasteiger partial charge in [-0.1, -0.05) is 0 Å². The van der Waals surface area contributed by atoms with Crippen molar-refractivity contribution in [3.63, 3.8) is 0 Å². The van der Waals surface area contributed by atoms with Crippen molar-refractivity contribution in [2.75, 3.05) is 11.9 Å². The molecular formula is C14H15N3O4. The summed E-state index contributed by atoms with van der Waals surface area (Å²) >= 11 is 0. The van der Waals surface area contributed by atoms with E-state index < -0.39 is 5.97 Å². The zero-order chi connectivity index (χ0) is 15.1. The fourth-order valence-electron chi connectivity index (χ4n) is 1.69. The minimum atomic E-state index is -0.945. The van der Waals surface area contributed by atoms with Gasteiger partial charge in [-0.25, -0.2) is 4.79 Å². The van der Waals surface area contributed by atoms with Crippen LogP contribution in [0.3, 0.4) is 0 Å². The number of pyridine rings is 1. The number of aromatic nitrogens is 1. The summed E-state index contributed by atoms with van der Waals surface area (Å²) in [6.45, 7) is 0.448. The van der Waals surface area contributed by atoms with Crippen molar-refractivity contribution in [3.05, 3.63) is 48.2 Å². The number of carbonyl (C=O) groups is 2. The molecule has 0 aliphatic heterocycles. The molecule has 2 rings (SSSR count). The summed E-state index contributed by atoms with van der Waals surface area (Å²) in [7, 11) is 0. The second-order valence-corrected chi connectivity index (χ2v) is 4.32. The van der Waals surface area contributed by atoms with E-state index >= 15 is 0 Å². The third-order valence-electron chi connectivity index (χ3n) is 2.65. The molecule has 2 aromatic rings. The minimum Gasteiger partial charge on any atom is -0.481 e. The van der Waals surface area contributed by atoms with E-state index in [1.807, 2.05) is 6.07 Å². The van der Waals surface area contributed by atoms with Crippen molar-refractivity contribution in [2.45, 2.75) is 12.8 Å². The first-order valence-electron chi connectivity index (χ1n) is 6.37. The maximum absolute atomic E-state index is 11.6. The van der Waals surface area contributed by atoms with Crippen LogP contribution in [0.25, 0.3) is 0 Å². The quantitative estimate of drug-likeness (QED) is 0.750. The van der Waals surface area contributed by atoms with Crippen LogP contribution in [0.15, 0.2) is 41.1 Å². The van der Waals surface area contributed by atoms with E-state index in [9.17, 15) is 9.59 Å². The lowest BCUT2D eigenvalue weighted by Crippen LogP contribution is -2.30. The van der Waals surface area contributed by atoms with E-state index in [2.05, 4.69) is 15.6 Å². The van der Waals surface area contributed by atoms with Gasteiger partial charge in [0.05, 0.1) is 30.3 Å². The monoisotopic (exact) mass is 289 g/mol. The third-order valence-corrected chi connectivity index (χ3v) is 2.65. The lowest BCUT2D eigenvalue weighted by molar-refractivity contribution is -0.136. The summed E-state index contributed by atoms with van der Waals surface area (Å²) < 4.78 is 5.15. The molecule has 2 aromatic heterocycles. The van der Waals surface area contributed by atoms with Crippen LogP contribution in [0.5, 0.6) is 0 Å². The molecule has 2 amide bonds. The van der Waals surface area contributed by atoms with Gasteiger partial charge in [0.15, 0.2) is 0 Å². The van der Waals surface area contributed by atoms with Gasteiger partial charge < -0.3 is 20.2 Å². The number of hydrogen-bond acceptors (Lipinski definition) is 4. The van der Waals surface area contributed by atoms with E-state index in [1.54, 1.807) is 24.5 Å². The highest BCUT2D eigenvalue weighted by molar-refractivity contribution is 5.89. The molecule has 2 heterocycles. The van der Waals surface area contributed by atoms with E-state index in [0.29, 0.717) is 24.3 Å². The maximum atomic E-state index is 11.6. The van der Waals surface area contributed by atoms with Crippen molar-refractivity contribution in [3.8, 4) is 0 Å². The van der Waals surface area contributed by atoms with Gasteiger partial charge in [0.1, 0.15) is 5.76 Å². The molecule has 0 bridgehead atoms. The molecule has 0 aromatic carbocycles. The number of carbonyl (C=O) groups excluding carboxylic acids is 1. The van der Waals surface area contributed by atoms with Crippen LogP contribution in [0, 0.1) is 0 Å². The Bertz CT molecular complexity index is 593. The molecule has 0 unspecified atom stereocenters. The fraction of sp³-hybridized carbons (Fsp3) is 0.214. The minimum absolute atomic E-state index is 0.143. The summed E-state index contributed by atoms with van der Waals surface area (Å²) in [6.07, 6.45) is 3.47. The van der Waals surface area contributed by atoms with Crippen molar-refractivity contribution in [1.29, 1.82) is 0 Å². The smallest absolute Gasteiger partial charge is 0.319 e. The maximum Gasteiger partial charge on any atom is 0.319 e. The molecule has 0 atom stereocenters. The third kappa shape index (κ3) is 4.98. The number of carboxylic acid groups (broad SMARTS) is 1. The number of anilines is 1. The molecular weight excluding hydrogens is 274 g/mol. The number of nitrogens with one attached hydrogen (secondary N) is 2. The van der Waals surface area contributed by atoms with Crippen LogP contribution >= 0.6 is 0 Å². The molecule has 0 spiro atoms. The molecule has 0 saturated heterocycles. The van der Waals surface area contributed by atoms with Gasteiger partial charge in [0.25, 0.3) is 0 Å². The number of nitrogens with zero attached hydrogens (tertiary/aromatic N) is 1. The topological polar surface area (TPSA) is 104 Å². The molecule has 7 nitrogen and oxygen atoms in total. The van der Waals surface area contributed by atoms with Crippen LogP contribution in [0.2, 0.25) is 0 Å². The molecule has 7 heteroatoms. The summed E-state index contributed by atoms with van der Waals surface area (Å²) in [4.78, 5) is 26.1. The number of urea groups is 1. The highest BCUT2D eigenvalue weighted by Gasteiger charge is 2.04. The Morgan fingerprint density at radius 2 is 2.14 bits per heavy atom. The second kappa shape index (κ2) is 7.09. The van der Waals surface area contributed by atoms with Gasteiger partial charge in [0.2, 0.25) is 0 Å². The lowest BCUT2D eigenvalue weighted by Gasteiger charge is -2.07. The van der Waals surface area contributed by atoms with Gasteiger partial charge in [-0.05, 0) is 24.3 Å². The fourth-order valence-corrected chi connectivity index (χ4v) is 1.69. The number of aliphatic carboxylic acids is 1. The normalized spacial score (nSPS) is 10.1. The number of furan rings is 1. The Kier molecular flexibility index (Phi) is 4.92. The molecule has 21 heavy (non-hydrogen) atoms. The molecule has 0 fully saturated rings. The van der Waals surface area contributed by atoms with E-state index in [4.69, 9.17) is 9.52 Å². The van der Waals surface area contributed by atoms with Crippen LogP contribution in [0.4, 0.5) is 10.5 Å². The van der Waals surface area contributed by atoms with Crippen molar-refractivity contribution >= 4 is 17.7 Å². The predicted molar refractivity (Wildman–Crippen MR) is 75.0 cm³/mol. The largest absolute Gasteiger partial charge is 0.481 e. The molecule has 110 valence electrons. The van der Waals surface area contributed by atoms with Gasteiger partial charge in [0, 0.05) is 13.0 Å². The number of rotatable bonds is 6. The van der Waals surface area contributed by atoms with Gasteiger partial charge in [-0.2, -0.15) is 0 Å². The zero-order valence-electron chi connectivity index (χ0n) is 11.2. The molecule has 0 saturated carbocycles.